The zero-order valence-corrected chi connectivity index (χ0v) is 9.93. The summed E-state index contributed by atoms with van der Waals surface area (Å²) < 4.78 is 5.03. The average molecular weight is 246 g/mol. The molecule has 6 nitrogen and oxygen atoms in total. The van der Waals surface area contributed by atoms with Gasteiger partial charge in [0, 0.05) is 12.8 Å². The van der Waals surface area contributed by atoms with E-state index in [1.807, 2.05) is 18.2 Å². The average Bonchev–Trinajstić information content (AvgIpc) is 2.76. The molecule has 1 heterocycles. The van der Waals surface area contributed by atoms with Gasteiger partial charge in [0.1, 0.15) is 5.69 Å². The lowest BCUT2D eigenvalue weighted by atomic mass is 10.2. The number of nitrogens with two attached hydrogens (primary N) is 1. The molecule has 0 aliphatic carbocycles. The summed E-state index contributed by atoms with van der Waals surface area (Å²) in [5.74, 6) is -0.320. The lowest BCUT2D eigenvalue weighted by Crippen LogP contribution is -2.14. The molecule has 0 aliphatic heterocycles. The predicted octanol–water partition coefficient (Wildman–Crippen LogP) is 1.39. The van der Waals surface area contributed by atoms with Crippen molar-refractivity contribution in [3.63, 3.8) is 0 Å². The third-order valence-electron chi connectivity index (χ3n) is 2.39. The first-order chi connectivity index (χ1) is 8.70. The summed E-state index contributed by atoms with van der Waals surface area (Å²) in [7, 11) is 1.62. The zero-order valence-electron chi connectivity index (χ0n) is 9.93. The standard InChI is InChI=1S/C12H14N4O2/c1-18-7-8-3-2-4-9(5-8)15-12(17)11-10(13)6-14-16-11/h2-6H,7,13H2,1H3,(H,14,16)(H,15,17). The monoisotopic (exact) mass is 246 g/mol. The Morgan fingerprint density at radius 2 is 2.39 bits per heavy atom. The molecule has 1 aromatic carbocycles. The minimum atomic E-state index is -0.320. The summed E-state index contributed by atoms with van der Waals surface area (Å²) >= 11 is 0. The number of aromatic amines is 1. The van der Waals surface area contributed by atoms with E-state index in [1.165, 1.54) is 6.20 Å². The maximum absolute atomic E-state index is 11.9. The van der Waals surface area contributed by atoms with E-state index < -0.39 is 0 Å². The molecule has 94 valence electrons. The van der Waals surface area contributed by atoms with E-state index in [4.69, 9.17) is 10.5 Å². The summed E-state index contributed by atoms with van der Waals surface area (Å²) in [4.78, 5) is 11.9. The molecule has 0 unspecified atom stereocenters. The summed E-state index contributed by atoms with van der Waals surface area (Å²) in [5.41, 5.74) is 7.84. The topological polar surface area (TPSA) is 93.0 Å². The highest BCUT2D eigenvalue weighted by Gasteiger charge is 2.11. The van der Waals surface area contributed by atoms with Crippen LogP contribution in [0.2, 0.25) is 0 Å². The second-order valence-corrected chi connectivity index (χ2v) is 3.79. The van der Waals surface area contributed by atoms with Crippen LogP contribution in [-0.2, 0) is 11.3 Å². The van der Waals surface area contributed by atoms with Crippen LogP contribution in [0.25, 0.3) is 0 Å². The number of anilines is 2. The van der Waals surface area contributed by atoms with Gasteiger partial charge < -0.3 is 15.8 Å². The van der Waals surface area contributed by atoms with E-state index in [0.717, 1.165) is 5.56 Å². The van der Waals surface area contributed by atoms with Crippen LogP contribution in [0.3, 0.4) is 0 Å². The van der Waals surface area contributed by atoms with Crippen LogP contribution in [0, 0.1) is 0 Å². The van der Waals surface area contributed by atoms with Crippen molar-refractivity contribution in [2.45, 2.75) is 6.61 Å². The first kappa shape index (κ1) is 12.1. The molecule has 4 N–H and O–H groups in total. The number of carbonyl (C=O) groups is 1. The third kappa shape index (κ3) is 2.67. The molecule has 0 saturated heterocycles. The fourth-order valence-electron chi connectivity index (χ4n) is 1.58. The number of carbonyl (C=O) groups excluding carboxylic acids is 1. The Morgan fingerprint density at radius 3 is 3.06 bits per heavy atom. The Bertz CT molecular complexity index is 551. The number of nitrogens with zero attached hydrogens (tertiary/aromatic N) is 1. The lowest BCUT2D eigenvalue weighted by Gasteiger charge is -2.06. The van der Waals surface area contributed by atoms with E-state index in [-0.39, 0.29) is 11.6 Å². The summed E-state index contributed by atoms with van der Waals surface area (Å²) in [5, 5.41) is 8.99. The molecule has 6 heteroatoms. The molecule has 0 atom stereocenters. The summed E-state index contributed by atoms with van der Waals surface area (Å²) in [6.07, 6.45) is 1.40. The molecule has 18 heavy (non-hydrogen) atoms. The molecule has 0 spiro atoms. The van der Waals surface area contributed by atoms with Gasteiger partial charge in [0.05, 0.1) is 18.5 Å². The number of nitrogen functional groups attached to an aromatic ring is 1. The van der Waals surface area contributed by atoms with E-state index in [9.17, 15) is 4.79 Å². The largest absolute Gasteiger partial charge is 0.396 e. The minimum Gasteiger partial charge on any atom is -0.396 e. The Balaban J connectivity index is 2.12. The van der Waals surface area contributed by atoms with Crippen molar-refractivity contribution in [2.75, 3.05) is 18.2 Å². The van der Waals surface area contributed by atoms with Crippen LogP contribution in [-0.4, -0.2) is 23.2 Å². The van der Waals surface area contributed by atoms with Crippen molar-refractivity contribution in [3.05, 3.63) is 41.7 Å². The zero-order chi connectivity index (χ0) is 13.0. The second kappa shape index (κ2) is 5.33. The maximum Gasteiger partial charge on any atom is 0.275 e. The number of ether oxygens (including phenoxy) is 1. The van der Waals surface area contributed by atoms with Crippen LogP contribution in [0.1, 0.15) is 16.1 Å². The molecule has 0 bridgehead atoms. The van der Waals surface area contributed by atoms with Gasteiger partial charge in [-0.25, -0.2) is 0 Å². The van der Waals surface area contributed by atoms with Crippen molar-refractivity contribution in [1.82, 2.24) is 10.2 Å². The number of hydrogen-bond acceptors (Lipinski definition) is 4. The third-order valence-corrected chi connectivity index (χ3v) is 2.39. The Kier molecular flexibility index (Phi) is 3.59. The number of hydrogen-bond donors (Lipinski definition) is 3. The van der Waals surface area contributed by atoms with Gasteiger partial charge in [0.15, 0.2) is 0 Å². The van der Waals surface area contributed by atoms with Crippen LogP contribution in [0.15, 0.2) is 30.5 Å². The van der Waals surface area contributed by atoms with Crippen molar-refractivity contribution in [1.29, 1.82) is 0 Å². The number of rotatable bonds is 4. The van der Waals surface area contributed by atoms with E-state index in [0.29, 0.717) is 18.0 Å². The molecule has 0 saturated carbocycles. The first-order valence-corrected chi connectivity index (χ1v) is 5.39. The van der Waals surface area contributed by atoms with Gasteiger partial charge in [-0.3, -0.25) is 9.89 Å². The smallest absolute Gasteiger partial charge is 0.275 e. The molecule has 1 aromatic heterocycles. The summed E-state index contributed by atoms with van der Waals surface area (Å²) in [6.45, 7) is 0.496. The highest BCUT2D eigenvalue weighted by atomic mass is 16.5. The number of methoxy groups -OCH3 is 1. The van der Waals surface area contributed by atoms with E-state index in [2.05, 4.69) is 15.5 Å². The normalized spacial score (nSPS) is 10.3. The highest BCUT2D eigenvalue weighted by molar-refractivity contribution is 6.06. The first-order valence-electron chi connectivity index (χ1n) is 5.39. The molecule has 2 aromatic rings. The highest BCUT2D eigenvalue weighted by Crippen LogP contribution is 2.14. The fraction of sp³-hybridized carbons (Fsp3) is 0.167. The van der Waals surface area contributed by atoms with Crippen LogP contribution < -0.4 is 11.1 Å². The predicted molar refractivity (Wildman–Crippen MR) is 68.1 cm³/mol. The number of benzene rings is 1. The summed E-state index contributed by atoms with van der Waals surface area (Å²) in [6, 6.07) is 7.40. The van der Waals surface area contributed by atoms with Crippen molar-refractivity contribution in [3.8, 4) is 0 Å². The minimum absolute atomic E-state index is 0.257. The van der Waals surface area contributed by atoms with Gasteiger partial charge in [-0.1, -0.05) is 12.1 Å². The Hall–Kier alpha value is -2.34. The quantitative estimate of drug-likeness (QED) is 0.760. The van der Waals surface area contributed by atoms with Crippen LogP contribution in [0.5, 0.6) is 0 Å². The molecule has 2 rings (SSSR count). The number of aromatic nitrogens is 2. The van der Waals surface area contributed by atoms with Gasteiger partial charge in [-0.2, -0.15) is 5.10 Å². The van der Waals surface area contributed by atoms with Crippen molar-refractivity contribution < 1.29 is 9.53 Å². The van der Waals surface area contributed by atoms with Crippen LogP contribution in [0.4, 0.5) is 11.4 Å². The van der Waals surface area contributed by atoms with E-state index in [1.54, 1.807) is 13.2 Å². The van der Waals surface area contributed by atoms with Crippen molar-refractivity contribution >= 4 is 17.3 Å². The number of nitrogens with one attached hydrogen (secondary N) is 2. The molecule has 0 radical (unpaired) electrons. The van der Waals surface area contributed by atoms with Gasteiger partial charge in [0.2, 0.25) is 0 Å². The van der Waals surface area contributed by atoms with Gasteiger partial charge in [-0.05, 0) is 17.7 Å². The SMILES string of the molecule is COCc1cccc(NC(=O)c2[nH]ncc2N)c1. The molecular weight excluding hydrogens is 232 g/mol. The number of H-pyrrole nitrogens is 1. The van der Waals surface area contributed by atoms with Gasteiger partial charge in [-0.15, -0.1) is 0 Å². The van der Waals surface area contributed by atoms with E-state index >= 15 is 0 Å². The number of amides is 1. The molecular formula is C12H14N4O2. The Morgan fingerprint density at radius 1 is 1.56 bits per heavy atom. The van der Waals surface area contributed by atoms with Crippen molar-refractivity contribution in [2.24, 2.45) is 0 Å². The Labute approximate surface area is 104 Å². The molecule has 1 amide bonds. The second-order valence-electron chi connectivity index (χ2n) is 3.79. The van der Waals surface area contributed by atoms with Gasteiger partial charge >= 0.3 is 0 Å². The maximum atomic E-state index is 11.9. The lowest BCUT2D eigenvalue weighted by molar-refractivity contribution is 0.102. The molecule has 0 aliphatic rings. The molecule has 0 fully saturated rings. The van der Waals surface area contributed by atoms with Gasteiger partial charge in [0.25, 0.3) is 5.91 Å². The van der Waals surface area contributed by atoms with Crippen LogP contribution >= 0.6 is 0 Å². The fourth-order valence-corrected chi connectivity index (χ4v) is 1.58.